The second-order valence-corrected chi connectivity index (χ2v) is 5.66. The first-order chi connectivity index (χ1) is 12.0. The summed E-state index contributed by atoms with van der Waals surface area (Å²) in [4.78, 5) is 10.3. The largest absolute Gasteiger partial charge is 0.433 e. The van der Waals surface area contributed by atoms with Gasteiger partial charge in [0.1, 0.15) is 17.1 Å². The van der Waals surface area contributed by atoms with E-state index in [4.69, 9.17) is 4.74 Å². The fourth-order valence-electron chi connectivity index (χ4n) is 2.67. The molecule has 25 heavy (non-hydrogen) atoms. The first-order valence-corrected chi connectivity index (χ1v) is 7.72. The van der Waals surface area contributed by atoms with Crippen LogP contribution in [0.4, 0.5) is 20.3 Å². The monoisotopic (exact) mass is 347 g/mol. The predicted molar refractivity (Wildman–Crippen MR) is 92.4 cm³/mol. The molecule has 0 radical (unpaired) electrons. The molecule has 1 aromatic carbocycles. The smallest absolute Gasteiger partial charge is 0.387 e. The summed E-state index contributed by atoms with van der Waals surface area (Å²) in [5, 5.41) is 2.99. The van der Waals surface area contributed by atoms with Crippen molar-refractivity contribution < 1.29 is 13.5 Å². The minimum atomic E-state index is -2.90. The number of fused-ring (bicyclic) bond motifs is 1. The topological polar surface area (TPSA) is 55.2 Å². The van der Waals surface area contributed by atoms with E-state index in [0.29, 0.717) is 18.1 Å². The molecule has 1 N–H and O–H groups in total. The number of halogens is 2. The lowest BCUT2D eigenvalue weighted by Gasteiger charge is -2.22. The van der Waals surface area contributed by atoms with Crippen LogP contribution in [0.3, 0.4) is 0 Å². The molecule has 0 aliphatic rings. The Kier molecular flexibility index (Phi) is 4.80. The second-order valence-electron chi connectivity index (χ2n) is 5.66. The third-order valence-corrected chi connectivity index (χ3v) is 3.92. The van der Waals surface area contributed by atoms with Gasteiger partial charge in [0.15, 0.2) is 0 Å². The number of alkyl halides is 2. The lowest BCUT2D eigenvalue weighted by Crippen LogP contribution is -2.15. The van der Waals surface area contributed by atoms with E-state index in [-0.39, 0.29) is 5.75 Å². The molecule has 0 saturated carbocycles. The standard InChI is InChI=1S/C17H19F2N5O/c1-20-8-11-4-5-13(15(6-11)25-17(18)19)24(3)16-7-14-12(9-21-16)22-10-23(14)2/h4-7,9-10,17,20H,8H2,1-3H3. The number of rotatable bonds is 6. The quantitative estimate of drug-likeness (QED) is 0.743. The Hall–Kier alpha value is -2.74. The summed E-state index contributed by atoms with van der Waals surface area (Å²) in [5.74, 6) is 0.716. The minimum Gasteiger partial charge on any atom is -0.433 e. The molecular formula is C17H19F2N5O. The van der Waals surface area contributed by atoms with Crippen molar-refractivity contribution in [3.8, 4) is 5.75 Å². The SMILES string of the molecule is CNCc1ccc(N(C)c2cc3c(cn2)ncn3C)c(OC(F)F)c1. The molecule has 0 aliphatic carbocycles. The van der Waals surface area contributed by atoms with Crippen molar-refractivity contribution in [1.29, 1.82) is 0 Å². The Labute approximate surface area is 144 Å². The van der Waals surface area contributed by atoms with Gasteiger partial charge in [-0.3, -0.25) is 0 Å². The van der Waals surface area contributed by atoms with Crippen molar-refractivity contribution in [2.24, 2.45) is 7.05 Å². The van der Waals surface area contributed by atoms with E-state index < -0.39 is 6.61 Å². The van der Waals surface area contributed by atoms with E-state index >= 15 is 0 Å². The van der Waals surface area contributed by atoms with Gasteiger partial charge in [0.25, 0.3) is 0 Å². The molecule has 0 amide bonds. The first kappa shape index (κ1) is 17.1. The predicted octanol–water partition coefficient (Wildman–Crippen LogP) is 3.06. The van der Waals surface area contributed by atoms with E-state index in [9.17, 15) is 8.78 Å². The fourth-order valence-corrected chi connectivity index (χ4v) is 2.67. The van der Waals surface area contributed by atoms with Gasteiger partial charge in [-0.15, -0.1) is 0 Å². The van der Waals surface area contributed by atoms with E-state index in [1.54, 1.807) is 43.7 Å². The van der Waals surface area contributed by atoms with Gasteiger partial charge in [0.05, 0.1) is 23.7 Å². The third-order valence-electron chi connectivity index (χ3n) is 3.92. The second kappa shape index (κ2) is 7.02. The molecule has 0 saturated heterocycles. The molecule has 3 rings (SSSR count). The number of aryl methyl sites for hydroxylation is 1. The zero-order valence-electron chi connectivity index (χ0n) is 14.2. The van der Waals surface area contributed by atoms with Crippen molar-refractivity contribution in [3.63, 3.8) is 0 Å². The van der Waals surface area contributed by atoms with Gasteiger partial charge in [-0.25, -0.2) is 9.97 Å². The first-order valence-electron chi connectivity index (χ1n) is 7.72. The molecule has 0 unspecified atom stereocenters. The van der Waals surface area contributed by atoms with Crippen LogP contribution < -0.4 is 15.0 Å². The molecule has 0 fully saturated rings. The molecule has 132 valence electrons. The zero-order chi connectivity index (χ0) is 18.0. The molecule has 0 bridgehead atoms. The molecule has 0 spiro atoms. The highest BCUT2D eigenvalue weighted by Crippen LogP contribution is 2.34. The van der Waals surface area contributed by atoms with Crippen LogP contribution in [-0.2, 0) is 13.6 Å². The van der Waals surface area contributed by atoms with Gasteiger partial charge in [0.2, 0.25) is 0 Å². The maximum Gasteiger partial charge on any atom is 0.387 e. The van der Waals surface area contributed by atoms with Gasteiger partial charge in [0, 0.05) is 26.7 Å². The van der Waals surface area contributed by atoms with Gasteiger partial charge >= 0.3 is 6.61 Å². The minimum absolute atomic E-state index is 0.108. The Morgan fingerprint density at radius 1 is 1.28 bits per heavy atom. The number of aromatic nitrogens is 3. The number of hydrogen-bond acceptors (Lipinski definition) is 5. The van der Waals surface area contributed by atoms with Crippen LogP contribution in [0.5, 0.6) is 5.75 Å². The maximum atomic E-state index is 12.8. The summed E-state index contributed by atoms with van der Waals surface area (Å²) >= 11 is 0. The van der Waals surface area contributed by atoms with E-state index in [0.717, 1.165) is 16.6 Å². The van der Waals surface area contributed by atoms with Gasteiger partial charge in [-0.1, -0.05) is 6.07 Å². The third kappa shape index (κ3) is 3.53. The van der Waals surface area contributed by atoms with Crippen molar-refractivity contribution >= 4 is 22.5 Å². The maximum absolute atomic E-state index is 12.8. The molecule has 3 aromatic rings. The fraction of sp³-hybridized carbons (Fsp3) is 0.294. The van der Waals surface area contributed by atoms with Crippen molar-refractivity contribution in [1.82, 2.24) is 19.9 Å². The van der Waals surface area contributed by atoms with Crippen molar-refractivity contribution in [2.75, 3.05) is 19.0 Å². The number of imidazole rings is 1. The molecule has 0 aliphatic heterocycles. The van der Waals surface area contributed by atoms with Crippen molar-refractivity contribution in [2.45, 2.75) is 13.2 Å². The lowest BCUT2D eigenvalue weighted by molar-refractivity contribution is -0.0494. The Morgan fingerprint density at radius 2 is 2.08 bits per heavy atom. The van der Waals surface area contributed by atoms with Crippen LogP contribution in [0.2, 0.25) is 0 Å². The van der Waals surface area contributed by atoms with Crippen molar-refractivity contribution in [3.05, 3.63) is 42.4 Å². The molecule has 2 aromatic heterocycles. The van der Waals surface area contributed by atoms with Crippen LogP contribution in [0.15, 0.2) is 36.8 Å². The summed E-state index contributed by atoms with van der Waals surface area (Å²) in [5.41, 5.74) is 3.03. The average molecular weight is 347 g/mol. The number of nitrogens with one attached hydrogen (secondary N) is 1. The summed E-state index contributed by atoms with van der Waals surface area (Å²) in [6, 6.07) is 7.08. The van der Waals surface area contributed by atoms with Crippen LogP contribution in [0.1, 0.15) is 5.56 Å². The summed E-state index contributed by atoms with van der Waals surface area (Å²) in [6.45, 7) is -2.34. The lowest BCUT2D eigenvalue weighted by atomic mass is 10.1. The normalized spacial score (nSPS) is 11.3. The van der Waals surface area contributed by atoms with Gasteiger partial charge in [-0.2, -0.15) is 8.78 Å². The summed E-state index contributed by atoms with van der Waals surface area (Å²) in [6.07, 6.45) is 3.36. The Balaban J connectivity index is 2.01. The molecule has 8 heteroatoms. The zero-order valence-corrected chi connectivity index (χ0v) is 14.2. The molecule has 0 atom stereocenters. The number of pyridine rings is 1. The number of ether oxygens (including phenoxy) is 1. The number of hydrogen-bond donors (Lipinski definition) is 1. The number of anilines is 2. The average Bonchev–Trinajstić information content (AvgIpc) is 2.95. The van der Waals surface area contributed by atoms with E-state index in [1.165, 1.54) is 0 Å². The highest BCUT2D eigenvalue weighted by molar-refractivity contribution is 5.79. The van der Waals surface area contributed by atoms with Gasteiger partial charge in [-0.05, 0) is 24.7 Å². The summed E-state index contributed by atoms with van der Waals surface area (Å²) < 4.78 is 32.2. The van der Waals surface area contributed by atoms with Crippen LogP contribution >= 0.6 is 0 Å². The number of nitrogens with zero attached hydrogens (tertiary/aromatic N) is 4. The van der Waals surface area contributed by atoms with Crippen LogP contribution in [-0.4, -0.2) is 35.2 Å². The van der Waals surface area contributed by atoms with Crippen LogP contribution in [0.25, 0.3) is 11.0 Å². The highest BCUT2D eigenvalue weighted by Gasteiger charge is 2.16. The van der Waals surface area contributed by atoms with Crippen LogP contribution in [0, 0.1) is 0 Å². The summed E-state index contributed by atoms with van der Waals surface area (Å²) in [7, 11) is 5.44. The van der Waals surface area contributed by atoms with E-state index in [1.807, 2.05) is 23.7 Å². The highest BCUT2D eigenvalue weighted by atomic mass is 19.3. The molecule has 2 heterocycles. The molecular weight excluding hydrogens is 328 g/mol. The Morgan fingerprint density at radius 3 is 2.80 bits per heavy atom. The molecule has 6 nitrogen and oxygen atoms in total. The van der Waals surface area contributed by atoms with E-state index in [2.05, 4.69) is 15.3 Å². The Bertz CT molecular complexity index is 881. The van der Waals surface area contributed by atoms with Gasteiger partial charge < -0.3 is 19.5 Å². The number of benzene rings is 1.